The number of para-hydroxylation sites is 1. The summed E-state index contributed by atoms with van der Waals surface area (Å²) in [6, 6.07) is 10.3. The molecule has 2 aromatic rings. The van der Waals surface area contributed by atoms with Crippen molar-refractivity contribution < 1.29 is 19.1 Å². The van der Waals surface area contributed by atoms with E-state index in [0.717, 1.165) is 10.0 Å². The van der Waals surface area contributed by atoms with E-state index in [2.05, 4.69) is 21.2 Å². The molecule has 2 aromatic carbocycles. The van der Waals surface area contributed by atoms with Crippen LogP contribution in [0.3, 0.4) is 0 Å². The minimum atomic E-state index is -0.659. The van der Waals surface area contributed by atoms with E-state index in [1.165, 1.54) is 13.2 Å². The van der Waals surface area contributed by atoms with Crippen molar-refractivity contribution in [2.45, 2.75) is 6.92 Å². The second-order valence-electron chi connectivity index (χ2n) is 5.00. The summed E-state index contributed by atoms with van der Waals surface area (Å²) < 4.78 is 11.5. The lowest BCUT2D eigenvalue weighted by Gasteiger charge is -2.14. The molecule has 2 amide bonds. The Balaban J connectivity index is 2.10. The first-order valence-electron chi connectivity index (χ1n) is 7.08. The maximum atomic E-state index is 12.1. The van der Waals surface area contributed by atoms with Crippen molar-refractivity contribution in [1.29, 1.82) is 0 Å². The fraction of sp³-hybridized carbons (Fsp3) is 0.176. The monoisotopic (exact) mass is 392 g/mol. The molecule has 0 unspecified atom stereocenters. The fourth-order valence-corrected chi connectivity index (χ4v) is 2.59. The molecule has 6 nitrogen and oxygen atoms in total. The zero-order valence-electron chi connectivity index (χ0n) is 13.3. The first-order valence-corrected chi connectivity index (χ1v) is 7.87. The van der Waals surface area contributed by atoms with Crippen LogP contribution in [0.2, 0.25) is 0 Å². The molecular formula is C17H17BrN2O4. The van der Waals surface area contributed by atoms with Crippen molar-refractivity contribution in [2.75, 3.05) is 19.0 Å². The minimum Gasteiger partial charge on any atom is -0.493 e. The molecular weight excluding hydrogens is 376 g/mol. The minimum absolute atomic E-state index is 0.148. The van der Waals surface area contributed by atoms with Crippen LogP contribution in [0.1, 0.15) is 15.9 Å². The molecule has 0 bridgehead atoms. The van der Waals surface area contributed by atoms with Gasteiger partial charge in [-0.05, 0) is 42.8 Å². The lowest BCUT2D eigenvalue weighted by atomic mass is 10.2. The summed E-state index contributed by atoms with van der Waals surface area (Å²) in [5.74, 6) is -0.538. The Morgan fingerprint density at radius 3 is 2.62 bits per heavy atom. The first kappa shape index (κ1) is 17.8. The van der Waals surface area contributed by atoms with Crippen molar-refractivity contribution >= 4 is 33.4 Å². The van der Waals surface area contributed by atoms with Gasteiger partial charge in [0, 0.05) is 10.2 Å². The summed E-state index contributed by atoms with van der Waals surface area (Å²) in [4.78, 5) is 23.6. The number of nitrogens with two attached hydrogens (primary N) is 1. The largest absolute Gasteiger partial charge is 0.493 e. The van der Waals surface area contributed by atoms with Gasteiger partial charge >= 0.3 is 0 Å². The number of primary amides is 1. The number of amides is 2. The number of carbonyl (C=O) groups is 2. The van der Waals surface area contributed by atoms with Crippen LogP contribution >= 0.6 is 15.9 Å². The Bertz CT molecular complexity index is 777. The summed E-state index contributed by atoms with van der Waals surface area (Å²) in [5, 5.41) is 2.75. The predicted octanol–water partition coefficient (Wildman–Crippen LogP) is 2.88. The molecule has 2 rings (SSSR count). The fourth-order valence-electron chi connectivity index (χ4n) is 2.11. The van der Waals surface area contributed by atoms with Crippen molar-refractivity contribution in [3.05, 3.63) is 52.0 Å². The van der Waals surface area contributed by atoms with Crippen LogP contribution < -0.4 is 20.5 Å². The third-order valence-corrected chi connectivity index (χ3v) is 3.77. The lowest BCUT2D eigenvalue weighted by Crippen LogP contribution is -2.22. The zero-order valence-corrected chi connectivity index (χ0v) is 14.8. The number of hydrogen-bond acceptors (Lipinski definition) is 4. The molecule has 0 aliphatic rings. The van der Waals surface area contributed by atoms with Crippen molar-refractivity contribution in [3.63, 3.8) is 0 Å². The van der Waals surface area contributed by atoms with Crippen LogP contribution in [0, 0.1) is 6.92 Å². The van der Waals surface area contributed by atoms with Gasteiger partial charge in [0.25, 0.3) is 11.8 Å². The summed E-state index contributed by atoms with van der Waals surface area (Å²) in [5.41, 5.74) is 7.07. The maximum absolute atomic E-state index is 12.1. The number of hydrogen-bond donors (Lipinski definition) is 2. The van der Waals surface area contributed by atoms with Gasteiger partial charge in [-0.25, -0.2) is 0 Å². The van der Waals surface area contributed by atoms with E-state index in [-0.39, 0.29) is 23.8 Å². The molecule has 7 heteroatoms. The van der Waals surface area contributed by atoms with Gasteiger partial charge in [0.2, 0.25) is 0 Å². The third-order valence-electron chi connectivity index (χ3n) is 3.27. The van der Waals surface area contributed by atoms with Gasteiger partial charge in [0.15, 0.2) is 18.1 Å². The highest BCUT2D eigenvalue weighted by atomic mass is 79.9. The number of anilines is 1. The highest BCUT2D eigenvalue weighted by molar-refractivity contribution is 9.10. The molecule has 0 radical (unpaired) electrons. The lowest BCUT2D eigenvalue weighted by molar-refractivity contribution is -0.118. The quantitative estimate of drug-likeness (QED) is 0.790. The van der Waals surface area contributed by atoms with Gasteiger partial charge in [-0.1, -0.05) is 22.0 Å². The second-order valence-corrected chi connectivity index (χ2v) is 5.91. The van der Waals surface area contributed by atoms with Gasteiger partial charge < -0.3 is 20.5 Å². The Kier molecular flexibility index (Phi) is 5.81. The van der Waals surface area contributed by atoms with Crippen LogP contribution in [0.15, 0.2) is 40.9 Å². The van der Waals surface area contributed by atoms with E-state index in [1.54, 1.807) is 18.2 Å². The van der Waals surface area contributed by atoms with E-state index in [0.29, 0.717) is 11.4 Å². The van der Waals surface area contributed by atoms with Crippen LogP contribution in [-0.4, -0.2) is 25.5 Å². The van der Waals surface area contributed by atoms with Gasteiger partial charge in [0.1, 0.15) is 0 Å². The molecule has 0 saturated carbocycles. The topological polar surface area (TPSA) is 90.7 Å². The Morgan fingerprint density at radius 2 is 2.00 bits per heavy atom. The molecule has 3 N–H and O–H groups in total. The van der Waals surface area contributed by atoms with Gasteiger partial charge in [-0.2, -0.15) is 0 Å². The molecule has 0 aliphatic heterocycles. The molecule has 126 valence electrons. The summed E-state index contributed by atoms with van der Waals surface area (Å²) in [6.07, 6.45) is 0. The molecule has 0 aromatic heterocycles. The number of benzene rings is 2. The van der Waals surface area contributed by atoms with E-state index in [9.17, 15) is 9.59 Å². The van der Waals surface area contributed by atoms with Crippen LogP contribution in [-0.2, 0) is 4.79 Å². The number of carbonyl (C=O) groups excluding carboxylic acids is 2. The molecule has 0 fully saturated rings. The molecule has 0 heterocycles. The van der Waals surface area contributed by atoms with Crippen LogP contribution in [0.25, 0.3) is 0 Å². The molecule has 0 atom stereocenters. The van der Waals surface area contributed by atoms with E-state index in [4.69, 9.17) is 15.2 Å². The second kappa shape index (κ2) is 7.83. The smallest absolute Gasteiger partial charge is 0.262 e. The average molecular weight is 393 g/mol. The third kappa shape index (κ3) is 4.26. The number of nitrogens with one attached hydrogen (secondary N) is 1. The number of halogens is 1. The van der Waals surface area contributed by atoms with Gasteiger partial charge in [-0.3, -0.25) is 9.59 Å². The van der Waals surface area contributed by atoms with Crippen LogP contribution in [0.4, 0.5) is 5.69 Å². The normalized spacial score (nSPS) is 10.1. The average Bonchev–Trinajstić information content (AvgIpc) is 2.55. The van der Waals surface area contributed by atoms with Crippen molar-refractivity contribution in [1.82, 2.24) is 0 Å². The maximum Gasteiger partial charge on any atom is 0.262 e. The summed E-state index contributed by atoms with van der Waals surface area (Å²) in [7, 11) is 1.44. The Labute approximate surface area is 148 Å². The highest BCUT2D eigenvalue weighted by Gasteiger charge is 2.16. The number of methoxy groups -OCH3 is 1. The standard InChI is InChI=1S/C17H17BrN2O4/c1-10-8-11(18)6-7-13(10)20-15(21)9-24-16-12(17(19)22)4-3-5-14(16)23-2/h3-8H,9H2,1-2H3,(H2,19,22)(H,20,21). The SMILES string of the molecule is COc1cccc(C(N)=O)c1OCC(=O)Nc1ccc(Br)cc1C. The van der Waals surface area contributed by atoms with Gasteiger partial charge in [0.05, 0.1) is 12.7 Å². The van der Waals surface area contributed by atoms with Gasteiger partial charge in [-0.15, -0.1) is 0 Å². The highest BCUT2D eigenvalue weighted by Crippen LogP contribution is 2.30. The number of ether oxygens (including phenoxy) is 2. The Morgan fingerprint density at radius 1 is 1.25 bits per heavy atom. The molecule has 0 aliphatic carbocycles. The molecule has 0 spiro atoms. The van der Waals surface area contributed by atoms with Crippen molar-refractivity contribution in [3.8, 4) is 11.5 Å². The van der Waals surface area contributed by atoms with E-state index < -0.39 is 5.91 Å². The van der Waals surface area contributed by atoms with E-state index >= 15 is 0 Å². The Hall–Kier alpha value is -2.54. The summed E-state index contributed by atoms with van der Waals surface area (Å²) in [6.45, 7) is 1.60. The number of rotatable bonds is 6. The summed E-state index contributed by atoms with van der Waals surface area (Å²) >= 11 is 3.37. The molecule has 24 heavy (non-hydrogen) atoms. The van der Waals surface area contributed by atoms with Crippen LogP contribution in [0.5, 0.6) is 11.5 Å². The van der Waals surface area contributed by atoms with E-state index in [1.807, 2.05) is 19.1 Å². The first-order chi connectivity index (χ1) is 11.4. The zero-order chi connectivity index (χ0) is 17.7. The van der Waals surface area contributed by atoms with Crippen molar-refractivity contribution in [2.24, 2.45) is 5.73 Å². The predicted molar refractivity (Wildman–Crippen MR) is 94.5 cm³/mol. The molecule has 0 saturated heterocycles. The number of aryl methyl sites for hydroxylation is 1.